The standard InChI is InChI=1S/C27H31ClFN7O2/c1-30-26(37)19-6-4-7-21(29)24(19)33-25-20(28)17-31-27(34-25)32-18-8-9-22-23(16-18)38-15-5-12-36(22)14-13-35-10-2-3-11-35/h4,6-9,16-17H,2-3,5,10-15H2,1H3,(H,30,37)(H2,31,32,33,34). The van der Waals surface area contributed by atoms with Crippen LogP contribution in [0, 0.1) is 5.82 Å². The Morgan fingerprint density at radius 1 is 1.11 bits per heavy atom. The fraction of sp³-hybridized carbons (Fsp3) is 0.370. The van der Waals surface area contributed by atoms with E-state index in [0.717, 1.165) is 43.2 Å². The number of amides is 1. The third-order valence-electron chi connectivity index (χ3n) is 6.74. The summed E-state index contributed by atoms with van der Waals surface area (Å²) in [5.74, 6) is 0.193. The number of hydrogen-bond acceptors (Lipinski definition) is 8. The van der Waals surface area contributed by atoms with Crippen LogP contribution in [0.15, 0.2) is 42.6 Å². The molecule has 3 N–H and O–H groups in total. The van der Waals surface area contributed by atoms with Crippen molar-refractivity contribution < 1.29 is 13.9 Å². The molecule has 1 amide bonds. The number of para-hydroxylation sites is 1. The number of rotatable bonds is 8. The summed E-state index contributed by atoms with van der Waals surface area (Å²) in [6, 6.07) is 10.2. The Kier molecular flexibility index (Phi) is 8.09. The Bertz CT molecular complexity index is 1300. The highest BCUT2D eigenvalue weighted by molar-refractivity contribution is 6.33. The van der Waals surface area contributed by atoms with E-state index in [9.17, 15) is 9.18 Å². The lowest BCUT2D eigenvalue weighted by atomic mass is 10.1. The highest BCUT2D eigenvalue weighted by Crippen LogP contribution is 2.35. The number of likely N-dealkylation sites (tertiary alicyclic amines) is 1. The molecular formula is C27H31ClFN7O2. The van der Waals surface area contributed by atoms with Gasteiger partial charge in [-0.05, 0) is 56.6 Å². The third-order valence-corrected chi connectivity index (χ3v) is 7.02. The molecule has 11 heteroatoms. The van der Waals surface area contributed by atoms with Gasteiger partial charge in [0.05, 0.1) is 29.7 Å². The second-order valence-electron chi connectivity index (χ2n) is 9.30. The number of carbonyl (C=O) groups excluding carboxylic acids is 1. The van der Waals surface area contributed by atoms with Crippen LogP contribution < -0.4 is 25.6 Å². The average molecular weight is 540 g/mol. The van der Waals surface area contributed by atoms with Crippen LogP contribution in [0.5, 0.6) is 5.75 Å². The van der Waals surface area contributed by atoms with Crippen molar-refractivity contribution in [1.82, 2.24) is 20.2 Å². The Hall–Kier alpha value is -3.63. The molecule has 2 aliphatic rings. The number of nitrogens with zero attached hydrogens (tertiary/aromatic N) is 4. The SMILES string of the molecule is CNC(=O)c1cccc(F)c1Nc1nc(Nc2ccc3c(c2)OCCCN3CCN2CCCC2)ncc1Cl. The van der Waals surface area contributed by atoms with Crippen molar-refractivity contribution in [2.45, 2.75) is 19.3 Å². The van der Waals surface area contributed by atoms with Gasteiger partial charge in [0.25, 0.3) is 5.91 Å². The summed E-state index contributed by atoms with van der Waals surface area (Å²) in [4.78, 5) is 25.8. The zero-order valence-corrected chi connectivity index (χ0v) is 22.0. The third kappa shape index (κ3) is 5.92. The van der Waals surface area contributed by atoms with Crippen molar-refractivity contribution in [3.63, 3.8) is 0 Å². The molecule has 1 aromatic heterocycles. The molecule has 0 bridgehead atoms. The molecule has 0 saturated carbocycles. The van der Waals surface area contributed by atoms with E-state index < -0.39 is 11.7 Å². The van der Waals surface area contributed by atoms with E-state index in [1.54, 1.807) is 0 Å². The molecule has 1 saturated heterocycles. The van der Waals surface area contributed by atoms with Gasteiger partial charge >= 0.3 is 0 Å². The van der Waals surface area contributed by atoms with Gasteiger partial charge in [-0.25, -0.2) is 9.37 Å². The topological polar surface area (TPSA) is 94.6 Å². The second-order valence-corrected chi connectivity index (χ2v) is 9.71. The average Bonchev–Trinajstić information content (AvgIpc) is 3.37. The van der Waals surface area contributed by atoms with Crippen molar-refractivity contribution in [3.05, 3.63) is 59.0 Å². The number of aromatic nitrogens is 2. The van der Waals surface area contributed by atoms with Gasteiger partial charge in [0.15, 0.2) is 5.82 Å². The number of anilines is 5. The Morgan fingerprint density at radius 3 is 2.76 bits per heavy atom. The number of halogens is 2. The number of ether oxygens (including phenoxy) is 1. The molecule has 0 aliphatic carbocycles. The lowest BCUT2D eigenvalue weighted by Crippen LogP contribution is -2.34. The van der Waals surface area contributed by atoms with Crippen LogP contribution in [0.25, 0.3) is 0 Å². The van der Waals surface area contributed by atoms with Gasteiger partial charge in [-0.1, -0.05) is 17.7 Å². The molecule has 0 spiro atoms. The van der Waals surface area contributed by atoms with E-state index in [0.29, 0.717) is 6.61 Å². The van der Waals surface area contributed by atoms with E-state index in [2.05, 4.69) is 41.8 Å². The molecule has 38 heavy (non-hydrogen) atoms. The maximum Gasteiger partial charge on any atom is 0.253 e. The van der Waals surface area contributed by atoms with Crippen LogP contribution in [-0.2, 0) is 0 Å². The normalized spacial score (nSPS) is 15.4. The minimum atomic E-state index is -0.604. The predicted molar refractivity (Wildman–Crippen MR) is 148 cm³/mol. The highest BCUT2D eigenvalue weighted by atomic mass is 35.5. The van der Waals surface area contributed by atoms with Gasteiger partial charge < -0.3 is 30.5 Å². The monoisotopic (exact) mass is 539 g/mol. The van der Waals surface area contributed by atoms with Crippen LogP contribution in [0.2, 0.25) is 5.02 Å². The van der Waals surface area contributed by atoms with E-state index in [-0.39, 0.29) is 28.0 Å². The van der Waals surface area contributed by atoms with E-state index in [1.165, 1.54) is 57.4 Å². The summed E-state index contributed by atoms with van der Waals surface area (Å²) in [6.07, 6.45) is 4.95. The molecule has 5 rings (SSSR count). The molecule has 9 nitrogen and oxygen atoms in total. The van der Waals surface area contributed by atoms with Gasteiger partial charge in [-0.15, -0.1) is 0 Å². The molecule has 200 valence electrons. The molecule has 3 aromatic rings. The van der Waals surface area contributed by atoms with Gasteiger partial charge in [-0.3, -0.25) is 4.79 Å². The largest absolute Gasteiger partial charge is 0.491 e. The van der Waals surface area contributed by atoms with Crippen molar-refractivity contribution in [2.75, 3.05) is 61.9 Å². The van der Waals surface area contributed by atoms with E-state index >= 15 is 0 Å². The van der Waals surface area contributed by atoms with Crippen LogP contribution in [0.4, 0.5) is 33.2 Å². The molecule has 3 heterocycles. The van der Waals surface area contributed by atoms with Crippen molar-refractivity contribution in [1.29, 1.82) is 0 Å². The van der Waals surface area contributed by atoms with E-state index in [1.807, 2.05) is 12.1 Å². The number of hydrogen-bond donors (Lipinski definition) is 3. The highest BCUT2D eigenvalue weighted by Gasteiger charge is 2.20. The summed E-state index contributed by atoms with van der Waals surface area (Å²) in [5.41, 5.74) is 1.93. The first-order valence-corrected chi connectivity index (χ1v) is 13.2. The molecular weight excluding hydrogens is 509 g/mol. The number of carbonyl (C=O) groups is 1. The smallest absolute Gasteiger partial charge is 0.253 e. The zero-order valence-electron chi connectivity index (χ0n) is 21.3. The van der Waals surface area contributed by atoms with Crippen LogP contribution in [0.1, 0.15) is 29.6 Å². The number of fused-ring (bicyclic) bond motifs is 1. The minimum Gasteiger partial charge on any atom is -0.491 e. The Labute approximate surface area is 226 Å². The fourth-order valence-corrected chi connectivity index (χ4v) is 4.90. The molecule has 0 unspecified atom stereocenters. The van der Waals surface area contributed by atoms with E-state index in [4.69, 9.17) is 16.3 Å². The van der Waals surface area contributed by atoms with Crippen molar-refractivity contribution in [3.8, 4) is 5.75 Å². The molecule has 2 aliphatic heterocycles. The van der Waals surface area contributed by atoms with Crippen molar-refractivity contribution >= 4 is 46.3 Å². The summed E-state index contributed by atoms with van der Waals surface area (Å²) in [6.45, 7) is 5.99. The van der Waals surface area contributed by atoms with Gasteiger partial charge in [0.1, 0.15) is 16.6 Å². The van der Waals surface area contributed by atoms with Gasteiger partial charge in [0.2, 0.25) is 5.95 Å². The predicted octanol–water partition coefficient (Wildman–Crippen LogP) is 4.80. The lowest BCUT2D eigenvalue weighted by Gasteiger charge is -2.26. The second kappa shape index (κ2) is 11.8. The number of benzene rings is 2. The van der Waals surface area contributed by atoms with Gasteiger partial charge in [-0.2, -0.15) is 4.98 Å². The maximum absolute atomic E-state index is 14.6. The minimum absolute atomic E-state index is 0.0224. The quantitative estimate of drug-likeness (QED) is 0.376. The fourth-order valence-electron chi connectivity index (χ4n) is 4.76. The number of nitrogens with one attached hydrogen (secondary N) is 3. The first-order valence-electron chi connectivity index (χ1n) is 12.8. The zero-order chi connectivity index (χ0) is 26.5. The first kappa shape index (κ1) is 26.0. The van der Waals surface area contributed by atoms with Crippen LogP contribution >= 0.6 is 11.6 Å². The van der Waals surface area contributed by atoms with Crippen molar-refractivity contribution in [2.24, 2.45) is 0 Å². The van der Waals surface area contributed by atoms with Crippen LogP contribution in [0.3, 0.4) is 0 Å². The Balaban J connectivity index is 1.34. The summed E-state index contributed by atoms with van der Waals surface area (Å²) >= 11 is 6.31. The molecule has 0 radical (unpaired) electrons. The summed E-state index contributed by atoms with van der Waals surface area (Å²) in [7, 11) is 1.48. The first-order chi connectivity index (χ1) is 18.5. The summed E-state index contributed by atoms with van der Waals surface area (Å²) in [5, 5.41) is 8.73. The molecule has 2 aromatic carbocycles. The lowest BCUT2D eigenvalue weighted by molar-refractivity contribution is 0.0963. The van der Waals surface area contributed by atoms with Crippen LogP contribution in [-0.4, -0.2) is 67.2 Å². The summed E-state index contributed by atoms with van der Waals surface area (Å²) < 4.78 is 20.7. The maximum atomic E-state index is 14.6. The molecule has 0 atom stereocenters. The Morgan fingerprint density at radius 2 is 1.95 bits per heavy atom. The van der Waals surface area contributed by atoms with Gasteiger partial charge in [0, 0.05) is 38.4 Å². The molecule has 1 fully saturated rings.